The summed E-state index contributed by atoms with van der Waals surface area (Å²) < 4.78 is 9.24. The quantitative estimate of drug-likeness (QED) is 0.121. The van der Waals surface area contributed by atoms with E-state index in [9.17, 15) is 0 Å². The number of rotatable bonds is 11. The Balaban J connectivity index is 0.999. The summed E-state index contributed by atoms with van der Waals surface area (Å²) in [6.45, 7) is 0. The Morgan fingerprint density at radius 1 is 0.266 bits per heavy atom. The highest BCUT2D eigenvalue weighted by Crippen LogP contribution is 2.48. The van der Waals surface area contributed by atoms with Crippen LogP contribution in [0.2, 0.25) is 0 Å². The van der Waals surface area contributed by atoms with E-state index < -0.39 is 0 Å². The number of hydrogen-bond donors (Lipinski definition) is 0. The molecular weight excluding hydrogens is 961 g/mol. The Labute approximate surface area is 457 Å². The lowest BCUT2D eigenvalue weighted by molar-refractivity contribution is 0.673. The normalized spacial score (nSPS) is 11.5. The van der Waals surface area contributed by atoms with E-state index in [1.165, 1.54) is 5.39 Å². The van der Waals surface area contributed by atoms with Crippen LogP contribution < -0.4 is 14.7 Å². The van der Waals surface area contributed by atoms with Crippen LogP contribution in [0.3, 0.4) is 0 Å². The van der Waals surface area contributed by atoms with Crippen molar-refractivity contribution >= 4 is 116 Å². The molecule has 79 heavy (non-hydrogen) atoms. The average molecular weight is 1010 g/mol. The topological polar surface area (TPSA) is 27.8 Å². The van der Waals surface area contributed by atoms with Gasteiger partial charge >= 0.3 is 0 Å². The van der Waals surface area contributed by atoms with E-state index in [1.54, 1.807) is 0 Å². The van der Waals surface area contributed by atoms with Crippen molar-refractivity contribution < 1.29 is 4.42 Å². The van der Waals surface area contributed by atoms with Gasteiger partial charge in [-0.15, -0.1) is 0 Å². The molecule has 5 nitrogen and oxygen atoms in total. The molecule has 0 aliphatic heterocycles. The fraction of sp³-hybridized carbons (Fsp3) is 0. The highest BCUT2D eigenvalue weighted by molar-refractivity contribution is 6.30. The van der Waals surface area contributed by atoms with Gasteiger partial charge in [0.25, 0.3) is 0 Å². The van der Waals surface area contributed by atoms with E-state index in [2.05, 4.69) is 323 Å². The van der Waals surface area contributed by atoms with Crippen molar-refractivity contribution in [2.24, 2.45) is 0 Å². The zero-order valence-electron chi connectivity index (χ0n) is 43.1. The molecule has 2 aromatic heterocycles. The van der Waals surface area contributed by atoms with Gasteiger partial charge in [0.2, 0.25) is 0 Å². The van der Waals surface area contributed by atoms with Crippen molar-refractivity contribution in [3.8, 4) is 16.8 Å². The standard InChI is InChI=1S/C74H50N4O/c1-6-23-51(24-7-1)61-35-18-20-39-69(61)77(58-41-44-63-62-36-16-17-37-66(62)74-73(68(63)48-58)67-38-19-21-40-72(67)79-74)56-33-22-34-57(47-56)78-70-49-59(75(52-25-8-2-9-26-52)53-27-10-3-11-28-53)42-45-64(70)65-46-43-60(50-71(65)78)76(54-29-12-4-13-30-54)55-31-14-5-15-32-55/h1-50H. The molecule has 0 atom stereocenters. The van der Waals surface area contributed by atoms with Gasteiger partial charge in [-0.3, -0.25) is 0 Å². The van der Waals surface area contributed by atoms with Crippen molar-refractivity contribution in [1.29, 1.82) is 0 Å². The number of benzene rings is 13. The molecule has 0 spiro atoms. The van der Waals surface area contributed by atoms with E-state index >= 15 is 0 Å². The van der Waals surface area contributed by atoms with Crippen molar-refractivity contribution in [3.05, 3.63) is 303 Å². The summed E-state index contributed by atoms with van der Waals surface area (Å²) in [7, 11) is 0. The molecule has 15 rings (SSSR count). The molecule has 5 heteroatoms. The highest BCUT2D eigenvalue weighted by atomic mass is 16.3. The van der Waals surface area contributed by atoms with Crippen molar-refractivity contribution in [2.75, 3.05) is 14.7 Å². The number of anilines is 9. The molecule has 0 bridgehead atoms. The maximum atomic E-state index is 6.77. The van der Waals surface area contributed by atoms with Gasteiger partial charge in [-0.1, -0.05) is 188 Å². The molecule has 0 aliphatic rings. The predicted molar refractivity (Wildman–Crippen MR) is 333 cm³/mol. The molecular formula is C74H50N4O. The fourth-order valence-electron chi connectivity index (χ4n) is 12.0. The van der Waals surface area contributed by atoms with Gasteiger partial charge in [0.05, 0.1) is 16.7 Å². The predicted octanol–water partition coefficient (Wildman–Crippen LogP) is 21.1. The molecule has 0 radical (unpaired) electrons. The molecule has 372 valence electrons. The maximum absolute atomic E-state index is 6.77. The van der Waals surface area contributed by atoms with Gasteiger partial charge < -0.3 is 23.7 Å². The minimum atomic E-state index is 0.878. The minimum absolute atomic E-state index is 0.878. The molecule has 15 aromatic rings. The highest BCUT2D eigenvalue weighted by Gasteiger charge is 2.24. The number of hydrogen-bond acceptors (Lipinski definition) is 4. The molecule has 2 heterocycles. The molecule has 13 aromatic carbocycles. The maximum Gasteiger partial charge on any atom is 0.143 e. The Morgan fingerprint density at radius 2 is 0.696 bits per heavy atom. The third-order valence-electron chi connectivity index (χ3n) is 15.5. The summed E-state index contributed by atoms with van der Waals surface area (Å²) in [4.78, 5) is 7.14. The largest absolute Gasteiger partial charge is 0.455 e. The van der Waals surface area contributed by atoms with Crippen LogP contribution in [-0.4, -0.2) is 4.57 Å². The van der Waals surface area contributed by atoms with Crippen LogP contribution in [0.4, 0.5) is 51.2 Å². The molecule has 0 unspecified atom stereocenters. The molecule has 0 N–H and O–H groups in total. The Kier molecular flexibility index (Phi) is 11.1. The SMILES string of the molecule is c1ccc(-c2ccccc2N(c2cccc(-n3c4cc(N(c5ccccc5)c5ccccc5)ccc4c4ccc(N(c5ccccc5)c5ccccc5)cc43)c2)c2ccc3c4ccccc4c4oc5ccccc5c4c3c2)cc1. The lowest BCUT2D eigenvalue weighted by Gasteiger charge is -2.29. The van der Waals surface area contributed by atoms with Gasteiger partial charge in [0.1, 0.15) is 11.2 Å². The van der Waals surface area contributed by atoms with Crippen molar-refractivity contribution in [3.63, 3.8) is 0 Å². The second-order valence-electron chi connectivity index (χ2n) is 20.1. The third-order valence-corrected chi connectivity index (χ3v) is 15.5. The average Bonchev–Trinajstić information content (AvgIpc) is 4.21. The Morgan fingerprint density at radius 3 is 1.28 bits per heavy atom. The molecule has 0 fully saturated rings. The van der Waals surface area contributed by atoms with Crippen LogP contribution in [0, 0.1) is 0 Å². The van der Waals surface area contributed by atoms with E-state index in [4.69, 9.17) is 4.42 Å². The van der Waals surface area contributed by atoms with Crippen LogP contribution in [0.15, 0.2) is 308 Å². The van der Waals surface area contributed by atoms with E-state index in [0.29, 0.717) is 0 Å². The number of nitrogens with zero attached hydrogens (tertiary/aromatic N) is 4. The third kappa shape index (κ3) is 7.86. The fourth-order valence-corrected chi connectivity index (χ4v) is 12.0. The van der Waals surface area contributed by atoms with E-state index in [0.717, 1.165) is 128 Å². The van der Waals surface area contributed by atoms with Gasteiger partial charge in [-0.25, -0.2) is 0 Å². The number of aromatic nitrogens is 1. The van der Waals surface area contributed by atoms with Crippen molar-refractivity contribution in [1.82, 2.24) is 4.57 Å². The van der Waals surface area contributed by atoms with E-state index in [1.807, 2.05) is 0 Å². The summed E-state index contributed by atoms with van der Waals surface area (Å²) in [6.07, 6.45) is 0. The second kappa shape index (κ2) is 19.2. The van der Waals surface area contributed by atoms with Crippen LogP contribution in [0.5, 0.6) is 0 Å². The number of furan rings is 1. The van der Waals surface area contributed by atoms with Crippen LogP contribution in [0.25, 0.3) is 82.1 Å². The molecule has 0 aliphatic carbocycles. The van der Waals surface area contributed by atoms with Crippen LogP contribution in [-0.2, 0) is 0 Å². The zero-order chi connectivity index (χ0) is 52.2. The number of fused-ring (bicyclic) bond motifs is 11. The number of para-hydroxylation sites is 6. The first-order valence-electron chi connectivity index (χ1n) is 26.9. The lowest BCUT2D eigenvalue weighted by atomic mass is 9.96. The summed E-state index contributed by atoms with van der Waals surface area (Å²) in [5, 5.41) is 9.13. The molecule has 0 saturated heterocycles. The Hall–Kier alpha value is -10.6. The minimum Gasteiger partial charge on any atom is -0.455 e. The first-order chi connectivity index (χ1) is 39.2. The van der Waals surface area contributed by atoms with Gasteiger partial charge in [0, 0.05) is 83.7 Å². The van der Waals surface area contributed by atoms with Gasteiger partial charge in [-0.2, -0.15) is 0 Å². The second-order valence-corrected chi connectivity index (χ2v) is 20.1. The lowest BCUT2D eigenvalue weighted by Crippen LogP contribution is -2.12. The van der Waals surface area contributed by atoms with Gasteiger partial charge in [0.15, 0.2) is 0 Å². The summed E-state index contributed by atoms with van der Waals surface area (Å²) in [6, 6.07) is 109. The first kappa shape index (κ1) is 45.7. The summed E-state index contributed by atoms with van der Waals surface area (Å²) in [5.74, 6) is 0. The van der Waals surface area contributed by atoms with Crippen LogP contribution >= 0.6 is 0 Å². The summed E-state index contributed by atoms with van der Waals surface area (Å²) >= 11 is 0. The smallest absolute Gasteiger partial charge is 0.143 e. The monoisotopic (exact) mass is 1010 g/mol. The molecule has 0 amide bonds. The van der Waals surface area contributed by atoms with Crippen molar-refractivity contribution in [2.45, 2.75) is 0 Å². The van der Waals surface area contributed by atoms with Gasteiger partial charge in [-0.05, 0) is 137 Å². The molecule has 0 saturated carbocycles. The van der Waals surface area contributed by atoms with Crippen LogP contribution in [0.1, 0.15) is 0 Å². The summed E-state index contributed by atoms with van der Waals surface area (Å²) in [5.41, 5.74) is 16.8. The van der Waals surface area contributed by atoms with E-state index in [-0.39, 0.29) is 0 Å². The Bertz CT molecular complexity index is 4510. The zero-order valence-corrected chi connectivity index (χ0v) is 43.1. The first-order valence-corrected chi connectivity index (χ1v) is 26.9.